The van der Waals surface area contributed by atoms with Crippen LogP contribution in [0.2, 0.25) is 0 Å². The van der Waals surface area contributed by atoms with Crippen molar-refractivity contribution in [3.63, 3.8) is 0 Å². The van der Waals surface area contributed by atoms with E-state index in [1.54, 1.807) is 13.2 Å². The molecule has 1 fully saturated rings. The Morgan fingerprint density at radius 2 is 1.70 bits per heavy atom. The molecule has 0 radical (unpaired) electrons. The molecule has 0 unspecified atom stereocenters. The average Bonchev–Trinajstić information content (AvgIpc) is 2.73. The topological polar surface area (TPSA) is 61.9 Å². The first kappa shape index (κ1) is 21.7. The number of nitrogens with zero attached hydrogens (tertiary/aromatic N) is 2. The molecule has 2 aromatic rings. The highest BCUT2D eigenvalue weighted by atomic mass is 16.5. The predicted molar refractivity (Wildman–Crippen MR) is 120 cm³/mol. The number of methoxy groups -OCH3 is 1. The summed E-state index contributed by atoms with van der Waals surface area (Å²) in [6.07, 6.45) is 0.611. The van der Waals surface area contributed by atoms with E-state index in [1.165, 1.54) is 0 Å². The summed E-state index contributed by atoms with van der Waals surface area (Å²) in [4.78, 5) is 29.1. The van der Waals surface area contributed by atoms with E-state index in [2.05, 4.69) is 24.1 Å². The molecule has 160 valence electrons. The van der Waals surface area contributed by atoms with Gasteiger partial charge in [-0.2, -0.15) is 0 Å². The summed E-state index contributed by atoms with van der Waals surface area (Å²) in [5.74, 6) is 1.03. The number of carbonyl (C=O) groups is 2. The molecule has 0 saturated carbocycles. The maximum atomic E-state index is 12.7. The van der Waals surface area contributed by atoms with Gasteiger partial charge < -0.3 is 19.9 Å². The smallest absolute Gasteiger partial charge is 0.259 e. The van der Waals surface area contributed by atoms with Gasteiger partial charge in [0.1, 0.15) is 5.75 Å². The van der Waals surface area contributed by atoms with Crippen molar-refractivity contribution in [1.82, 2.24) is 4.90 Å². The molecule has 0 atom stereocenters. The van der Waals surface area contributed by atoms with Gasteiger partial charge in [0.25, 0.3) is 5.91 Å². The number of hydrogen-bond donors (Lipinski definition) is 1. The van der Waals surface area contributed by atoms with Crippen molar-refractivity contribution < 1.29 is 14.3 Å². The summed E-state index contributed by atoms with van der Waals surface area (Å²) in [6, 6.07) is 13.4. The highest BCUT2D eigenvalue weighted by Gasteiger charge is 2.22. The fourth-order valence-corrected chi connectivity index (χ4v) is 3.75. The first-order chi connectivity index (χ1) is 14.4. The third-order valence-corrected chi connectivity index (χ3v) is 5.37. The number of carbonyl (C=O) groups excluding carboxylic acids is 2. The lowest BCUT2D eigenvalue weighted by Crippen LogP contribution is -2.49. The quantitative estimate of drug-likeness (QED) is 0.785. The van der Waals surface area contributed by atoms with Crippen LogP contribution in [0.1, 0.15) is 36.2 Å². The molecule has 30 heavy (non-hydrogen) atoms. The lowest BCUT2D eigenvalue weighted by Gasteiger charge is -2.36. The summed E-state index contributed by atoms with van der Waals surface area (Å²) in [7, 11) is 1.57. The number of anilines is 2. The molecule has 1 heterocycles. The Labute approximate surface area is 178 Å². The minimum Gasteiger partial charge on any atom is -0.496 e. The molecule has 6 heteroatoms. The summed E-state index contributed by atoms with van der Waals surface area (Å²) < 4.78 is 5.38. The maximum Gasteiger partial charge on any atom is 0.259 e. The molecule has 2 aromatic carbocycles. The summed E-state index contributed by atoms with van der Waals surface area (Å²) in [5, 5.41) is 2.94. The van der Waals surface area contributed by atoms with E-state index < -0.39 is 0 Å². The minimum atomic E-state index is -0.194. The molecule has 0 aromatic heterocycles. The van der Waals surface area contributed by atoms with Crippen LogP contribution in [0.25, 0.3) is 0 Å². The Morgan fingerprint density at radius 3 is 2.30 bits per heavy atom. The van der Waals surface area contributed by atoms with Crippen molar-refractivity contribution in [2.75, 3.05) is 43.5 Å². The monoisotopic (exact) mass is 409 g/mol. The zero-order valence-corrected chi connectivity index (χ0v) is 18.3. The number of benzene rings is 2. The number of rotatable bonds is 6. The fraction of sp³-hybridized carbons (Fsp3) is 0.417. The van der Waals surface area contributed by atoms with Gasteiger partial charge >= 0.3 is 0 Å². The lowest BCUT2D eigenvalue weighted by atomic mass is 10.1. The van der Waals surface area contributed by atoms with Gasteiger partial charge in [-0.15, -0.1) is 0 Å². The molecule has 3 rings (SSSR count). The van der Waals surface area contributed by atoms with Gasteiger partial charge in [-0.25, -0.2) is 0 Å². The standard InChI is InChI=1S/C24H31N3O3/c1-17(2)16-22(28)27-14-12-26(13-15-27)20-10-8-19(9-11-20)25-24(29)21-7-5-6-18(3)23(21)30-4/h5-11,17H,12-16H2,1-4H3,(H,25,29). The number of piperazine rings is 1. The number of amides is 2. The molecule has 6 nitrogen and oxygen atoms in total. The molecule has 1 aliphatic heterocycles. The van der Waals surface area contributed by atoms with E-state index in [0.29, 0.717) is 23.7 Å². The Balaban J connectivity index is 1.59. The van der Waals surface area contributed by atoms with Gasteiger partial charge in [-0.3, -0.25) is 9.59 Å². The van der Waals surface area contributed by atoms with Crippen LogP contribution in [0.3, 0.4) is 0 Å². The van der Waals surface area contributed by atoms with Crippen LogP contribution in [0.15, 0.2) is 42.5 Å². The molecule has 0 aliphatic carbocycles. The van der Waals surface area contributed by atoms with Crippen molar-refractivity contribution in [3.05, 3.63) is 53.6 Å². The van der Waals surface area contributed by atoms with E-state index in [-0.39, 0.29) is 11.8 Å². The average molecular weight is 410 g/mol. The van der Waals surface area contributed by atoms with Gasteiger partial charge in [0, 0.05) is 44.0 Å². The van der Waals surface area contributed by atoms with Gasteiger partial charge in [-0.05, 0) is 48.7 Å². The van der Waals surface area contributed by atoms with Crippen molar-refractivity contribution in [2.45, 2.75) is 27.2 Å². The largest absolute Gasteiger partial charge is 0.496 e. The predicted octanol–water partition coefficient (Wildman–Crippen LogP) is 3.95. The molecule has 1 saturated heterocycles. The van der Waals surface area contributed by atoms with Crippen LogP contribution in [-0.4, -0.2) is 50.0 Å². The number of ether oxygens (including phenoxy) is 1. The van der Waals surface area contributed by atoms with E-state index >= 15 is 0 Å². The summed E-state index contributed by atoms with van der Waals surface area (Å²) >= 11 is 0. The first-order valence-corrected chi connectivity index (χ1v) is 10.5. The van der Waals surface area contributed by atoms with Crippen LogP contribution < -0.4 is 15.0 Å². The van der Waals surface area contributed by atoms with Crippen molar-refractivity contribution in [2.24, 2.45) is 5.92 Å². The van der Waals surface area contributed by atoms with Gasteiger partial charge in [-0.1, -0.05) is 26.0 Å². The molecule has 2 amide bonds. The van der Waals surface area contributed by atoms with Crippen LogP contribution >= 0.6 is 0 Å². The number of aryl methyl sites for hydroxylation is 1. The maximum absolute atomic E-state index is 12.7. The Bertz CT molecular complexity index is 885. The second-order valence-corrected chi connectivity index (χ2v) is 8.12. The summed E-state index contributed by atoms with van der Waals surface area (Å²) in [6.45, 7) is 9.19. The van der Waals surface area contributed by atoms with Crippen molar-refractivity contribution in [1.29, 1.82) is 0 Å². The third-order valence-electron chi connectivity index (χ3n) is 5.37. The second-order valence-electron chi connectivity index (χ2n) is 8.12. The zero-order chi connectivity index (χ0) is 21.7. The Hall–Kier alpha value is -3.02. The van der Waals surface area contributed by atoms with Crippen LogP contribution in [0.5, 0.6) is 5.75 Å². The molecular formula is C24H31N3O3. The number of para-hydroxylation sites is 1. The summed E-state index contributed by atoms with van der Waals surface area (Å²) in [5.41, 5.74) is 3.27. The van der Waals surface area contributed by atoms with Crippen LogP contribution in [0, 0.1) is 12.8 Å². The minimum absolute atomic E-state index is 0.194. The highest BCUT2D eigenvalue weighted by molar-refractivity contribution is 6.06. The second kappa shape index (κ2) is 9.65. The van der Waals surface area contributed by atoms with E-state index in [9.17, 15) is 9.59 Å². The molecule has 0 bridgehead atoms. The molecular weight excluding hydrogens is 378 g/mol. The van der Waals surface area contributed by atoms with Crippen molar-refractivity contribution in [3.8, 4) is 5.75 Å². The fourth-order valence-electron chi connectivity index (χ4n) is 3.75. The van der Waals surface area contributed by atoms with Crippen molar-refractivity contribution >= 4 is 23.2 Å². The zero-order valence-electron chi connectivity index (χ0n) is 18.3. The number of nitrogens with one attached hydrogen (secondary N) is 1. The Kier molecular flexibility index (Phi) is 6.98. The van der Waals surface area contributed by atoms with Crippen LogP contribution in [-0.2, 0) is 4.79 Å². The molecule has 0 spiro atoms. The van der Waals surface area contributed by atoms with Gasteiger partial charge in [0.15, 0.2) is 0 Å². The van der Waals surface area contributed by atoms with E-state index in [1.807, 2.05) is 48.2 Å². The SMILES string of the molecule is COc1c(C)cccc1C(=O)Nc1ccc(N2CCN(C(=O)CC(C)C)CC2)cc1. The van der Waals surface area contributed by atoms with Gasteiger partial charge in [0.2, 0.25) is 5.91 Å². The highest BCUT2D eigenvalue weighted by Crippen LogP contribution is 2.25. The van der Waals surface area contributed by atoms with Crippen LogP contribution in [0.4, 0.5) is 11.4 Å². The Morgan fingerprint density at radius 1 is 1.03 bits per heavy atom. The normalized spacial score (nSPS) is 14.0. The number of hydrogen-bond acceptors (Lipinski definition) is 4. The third kappa shape index (κ3) is 5.12. The van der Waals surface area contributed by atoms with E-state index in [0.717, 1.165) is 43.1 Å². The molecule has 1 N–H and O–H groups in total. The van der Waals surface area contributed by atoms with E-state index in [4.69, 9.17) is 4.74 Å². The lowest BCUT2D eigenvalue weighted by molar-refractivity contribution is -0.132. The van der Waals surface area contributed by atoms with Gasteiger partial charge in [0.05, 0.1) is 12.7 Å². The molecule has 1 aliphatic rings. The first-order valence-electron chi connectivity index (χ1n) is 10.5.